The van der Waals surface area contributed by atoms with E-state index in [1.54, 1.807) is 10.9 Å². The molecule has 74 valence electrons. The summed E-state index contributed by atoms with van der Waals surface area (Å²) >= 11 is 0. The Morgan fingerprint density at radius 1 is 1.50 bits per heavy atom. The van der Waals surface area contributed by atoms with Gasteiger partial charge in [0.2, 0.25) is 0 Å². The summed E-state index contributed by atoms with van der Waals surface area (Å²) in [6.07, 6.45) is 1.69. The Kier molecular flexibility index (Phi) is 2.32. The first-order valence-corrected chi connectivity index (χ1v) is 4.33. The molecule has 5 nitrogen and oxygen atoms in total. The number of aliphatic hydroxyl groups is 1. The van der Waals surface area contributed by atoms with Crippen LogP contribution in [0.4, 0.5) is 0 Å². The Morgan fingerprint density at radius 2 is 2.36 bits per heavy atom. The van der Waals surface area contributed by atoms with E-state index in [1.165, 1.54) is 0 Å². The Bertz CT molecular complexity index is 419. The van der Waals surface area contributed by atoms with Crippen molar-refractivity contribution in [1.82, 2.24) is 15.0 Å². The molecule has 0 aliphatic heterocycles. The molecule has 0 bridgehead atoms. The molecular formula is C9H11N3O2. The van der Waals surface area contributed by atoms with Crippen LogP contribution >= 0.6 is 0 Å². The second-order valence-corrected chi connectivity index (χ2v) is 3.08. The summed E-state index contributed by atoms with van der Waals surface area (Å²) in [7, 11) is 0. The molecule has 0 spiro atoms. The standard InChI is InChI=1S/C9H11N3O2/c1-7-2-3-9(14-7)5-12-4-8(6-13)10-11-12/h2-4,13H,5-6H2,1H3. The number of furan rings is 1. The summed E-state index contributed by atoms with van der Waals surface area (Å²) in [6, 6.07) is 3.80. The van der Waals surface area contributed by atoms with Crippen molar-refractivity contribution in [1.29, 1.82) is 0 Å². The maximum absolute atomic E-state index is 8.78. The van der Waals surface area contributed by atoms with Gasteiger partial charge < -0.3 is 9.52 Å². The van der Waals surface area contributed by atoms with E-state index in [0.29, 0.717) is 12.2 Å². The third-order valence-electron chi connectivity index (χ3n) is 1.86. The molecule has 0 aliphatic carbocycles. The topological polar surface area (TPSA) is 64.1 Å². The Hall–Kier alpha value is -1.62. The molecule has 0 aliphatic rings. The summed E-state index contributed by atoms with van der Waals surface area (Å²) in [5.74, 6) is 1.71. The van der Waals surface area contributed by atoms with Crippen molar-refractivity contribution in [2.45, 2.75) is 20.1 Å². The van der Waals surface area contributed by atoms with E-state index in [4.69, 9.17) is 9.52 Å². The highest BCUT2D eigenvalue weighted by atomic mass is 16.3. The first-order chi connectivity index (χ1) is 6.78. The first kappa shape index (κ1) is 8.96. The number of aliphatic hydroxyl groups excluding tert-OH is 1. The molecule has 2 heterocycles. The van der Waals surface area contributed by atoms with Crippen LogP contribution in [-0.2, 0) is 13.2 Å². The van der Waals surface area contributed by atoms with Crippen molar-refractivity contribution in [3.05, 3.63) is 35.5 Å². The average molecular weight is 193 g/mol. The minimum atomic E-state index is -0.0861. The van der Waals surface area contributed by atoms with Gasteiger partial charge in [0.05, 0.1) is 12.8 Å². The van der Waals surface area contributed by atoms with Crippen molar-refractivity contribution >= 4 is 0 Å². The first-order valence-electron chi connectivity index (χ1n) is 4.33. The lowest BCUT2D eigenvalue weighted by Crippen LogP contribution is -1.98. The Labute approximate surface area is 81.0 Å². The minimum Gasteiger partial charge on any atom is -0.464 e. The second-order valence-electron chi connectivity index (χ2n) is 3.08. The fraction of sp³-hybridized carbons (Fsp3) is 0.333. The third kappa shape index (κ3) is 1.82. The number of rotatable bonds is 3. The van der Waals surface area contributed by atoms with Gasteiger partial charge in [0.15, 0.2) is 0 Å². The van der Waals surface area contributed by atoms with Crippen molar-refractivity contribution in [3.8, 4) is 0 Å². The SMILES string of the molecule is Cc1ccc(Cn2cc(CO)nn2)o1. The summed E-state index contributed by atoms with van der Waals surface area (Å²) in [5.41, 5.74) is 0.563. The van der Waals surface area contributed by atoms with Gasteiger partial charge >= 0.3 is 0 Å². The molecular weight excluding hydrogens is 182 g/mol. The lowest BCUT2D eigenvalue weighted by molar-refractivity contribution is 0.276. The fourth-order valence-electron chi connectivity index (χ4n) is 1.22. The second kappa shape index (κ2) is 3.63. The van der Waals surface area contributed by atoms with Gasteiger partial charge in [-0.15, -0.1) is 5.10 Å². The predicted octanol–water partition coefficient (Wildman–Crippen LogP) is 0.720. The largest absolute Gasteiger partial charge is 0.464 e. The minimum absolute atomic E-state index is 0.0861. The zero-order chi connectivity index (χ0) is 9.97. The van der Waals surface area contributed by atoms with Crippen molar-refractivity contribution < 1.29 is 9.52 Å². The highest BCUT2D eigenvalue weighted by Gasteiger charge is 2.02. The smallest absolute Gasteiger partial charge is 0.125 e. The van der Waals surface area contributed by atoms with Gasteiger partial charge in [0.25, 0.3) is 0 Å². The van der Waals surface area contributed by atoms with Gasteiger partial charge in [0, 0.05) is 0 Å². The van der Waals surface area contributed by atoms with Crippen LogP contribution in [0.3, 0.4) is 0 Å². The van der Waals surface area contributed by atoms with Crippen LogP contribution in [0, 0.1) is 6.92 Å². The third-order valence-corrected chi connectivity index (χ3v) is 1.86. The monoisotopic (exact) mass is 193 g/mol. The molecule has 0 atom stereocenters. The quantitative estimate of drug-likeness (QED) is 0.780. The summed E-state index contributed by atoms with van der Waals surface area (Å²) in [6.45, 7) is 2.35. The number of aryl methyl sites for hydroxylation is 1. The molecule has 0 aromatic carbocycles. The fourth-order valence-corrected chi connectivity index (χ4v) is 1.22. The van der Waals surface area contributed by atoms with Crippen molar-refractivity contribution in [3.63, 3.8) is 0 Å². The molecule has 0 radical (unpaired) electrons. The molecule has 2 aromatic heterocycles. The van der Waals surface area contributed by atoms with E-state index in [9.17, 15) is 0 Å². The van der Waals surface area contributed by atoms with Gasteiger partial charge in [-0.05, 0) is 19.1 Å². The number of hydrogen-bond donors (Lipinski definition) is 1. The van der Waals surface area contributed by atoms with Crippen LogP contribution in [0.15, 0.2) is 22.7 Å². The number of hydrogen-bond acceptors (Lipinski definition) is 4. The van der Waals surface area contributed by atoms with Gasteiger partial charge in [-0.3, -0.25) is 0 Å². The number of nitrogens with zero attached hydrogens (tertiary/aromatic N) is 3. The van der Waals surface area contributed by atoms with E-state index in [2.05, 4.69) is 10.3 Å². The van der Waals surface area contributed by atoms with Crippen molar-refractivity contribution in [2.75, 3.05) is 0 Å². The molecule has 0 saturated heterocycles. The van der Waals surface area contributed by atoms with E-state index in [-0.39, 0.29) is 6.61 Å². The molecule has 0 saturated carbocycles. The van der Waals surface area contributed by atoms with E-state index in [1.807, 2.05) is 19.1 Å². The molecule has 0 unspecified atom stereocenters. The molecule has 2 aromatic rings. The molecule has 0 fully saturated rings. The van der Waals surface area contributed by atoms with Gasteiger partial charge in [0.1, 0.15) is 23.8 Å². The molecule has 0 amide bonds. The predicted molar refractivity (Wildman–Crippen MR) is 48.5 cm³/mol. The Balaban J connectivity index is 2.10. The van der Waals surface area contributed by atoms with Gasteiger partial charge in [-0.25, -0.2) is 4.68 Å². The molecule has 2 rings (SSSR count). The van der Waals surface area contributed by atoms with Crippen LogP contribution in [0.25, 0.3) is 0 Å². The highest BCUT2D eigenvalue weighted by molar-refractivity contribution is 5.06. The van der Waals surface area contributed by atoms with Crippen LogP contribution < -0.4 is 0 Å². The highest BCUT2D eigenvalue weighted by Crippen LogP contribution is 2.07. The Morgan fingerprint density at radius 3 is 2.93 bits per heavy atom. The molecule has 14 heavy (non-hydrogen) atoms. The zero-order valence-corrected chi connectivity index (χ0v) is 7.84. The van der Waals surface area contributed by atoms with Crippen LogP contribution in [0.1, 0.15) is 17.2 Å². The van der Waals surface area contributed by atoms with Crippen LogP contribution in [-0.4, -0.2) is 20.1 Å². The van der Waals surface area contributed by atoms with E-state index in [0.717, 1.165) is 11.5 Å². The normalized spacial score (nSPS) is 10.7. The summed E-state index contributed by atoms with van der Waals surface area (Å²) < 4.78 is 7.01. The maximum Gasteiger partial charge on any atom is 0.125 e. The molecule has 5 heteroatoms. The zero-order valence-electron chi connectivity index (χ0n) is 7.84. The lowest BCUT2D eigenvalue weighted by atomic mass is 10.4. The maximum atomic E-state index is 8.78. The van der Waals surface area contributed by atoms with Crippen LogP contribution in [0.5, 0.6) is 0 Å². The van der Waals surface area contributed by atoms with Gasteiger partial charge in [-0.1, -0.05) is 5.21 Å². The van der Waals surface area contributed by atoms with Crippen LogP contribution in [0.2, 0.25) is 0 Å². The van der Waals surface area contributed by atoms with E-state index >= 15 is 0 Å². The number of aromatic nitrogens is 3. The average Bonchev–Trinajstić information content (AvgIpc) is 2.76. The molecule has 1 N–H and O–H groups in total. The summed E-state index contributed by atoms with van der Waals surface area (Å²) in [4.78, 5) is 0. The summed E-state index contributed by atoms with van der Waals surface area (Å²) in [5, 5.41) is 16.4. The lowest BCUT2D eigenvalue weighted by Gasteiger charge is -1.94. The van der Waals surface area contributed by atoms with Gasteiger partial charge in [-0.2, -0.15) is 0 Å². The van der Waals surface area contributed by atoms with Crippen molar-refractivity contribution in [2.24, 2.45) is 0 Å². The van der Waals surface area contributed by atoms with E-state index < -0.39 is 0 Å².